The van der Waals surface area contributed by atoms with Gasteiger partial charge in [-0.1, -0.05) is 0 Å². The summed E-state index contributed by atoms with van der Waals surface area (Å²) in [4.78, 5) is 90.3. The molecule has 111 heavy (non-hydrogen) atoms. The van der Waals surface area contributed by atoms with Crippen LogP contribution in [0.25, 0.3) is 0 Å². The van der Waals surface area contributed by atoms with E-state index in [1.807, 2.05) is 73.6 Å². The molecule has 0 saturated carbocycles. The van der Waals surface area contributed by atoms with E-state index in [0.717, 1.165) is 0 Å². The first-order chi connectivity index (χ1) is 51.8. The van der Waals surface area contributed by atoms with E-state index in [0.29, 0.717) is 155 Å². The van der Waals surface area contributed by atoms with Gasteiger partial charge < -0.3 is 190 Å². The van der Waals surface area contributed by atoms with Crippen LogP contribution in [-0.4, -0.2) is 252 Å². The molecule has 0 unspecified atom stereocenters. The van der Waals surface area contributed by atoms with Gasteiger partial charge in [0.1, 0.15) is 48.3 Å². The molecule has 3 aromatic heterocycles. The summed E-state index contributed by atoms with van der Waals surface area (Å²) >= 11 is 0. The van der Waals surface area contributed by atoms with E-state index in [4.69, 9.17) is 176 Å². The summed E-state index contributed by atoms with van der Waals surface area (Å²) in [5.74, 6) is -8.91. The second kappa shape index (κ2) is 80.0. The number of rotatable bonds is 40. The molecule has 3 heterocycles. The van der Waals surface area contributed by atoms with Crippen LogP contribution in [0.1, 0.15) is 103 Å². The van der Waals surface area contributed by atoms with Gasteiger partial charge in [-0.15, -0.1) is 0 Å². The Kier molecular flexibility index (Phi) is 82.3. The standard InChI is InChI=1S/8C6H14N4O2.3C4H5N/c8*7-4(5(11)12)2-1-3-10-6(8)9;3*1-2-4-5-3-1/h8*4H,1-3,7H2,(H,11,12)(H4,8,9,10);3*1-5H/t8*4-;;;/m00000000.../s1. The van der Waals surface area contributed by atoms with Crippen molar-refractivity contribution in [3.05, 3.63) is 73.6 Å². The van der Waals surface area contributed by atoms with Gasteiger partial charge in [-0.05, 0) is 139 Å². The molecule has 3 aromatic rings. The van der Waals surface area contributed by atoms with Gasteiger partial charge >= 0.3 is 47.8 Å². The third-order valence-electron chi connectivity index (χ3n) is 12.1. The first-order valence-corrected chi connectivity index (χ1v) is 33.5. The zero-order valence-electron chi connectivity index (χ0n) is 62.1. The van der Waals surface area contributed by atoms with Crippen LogP contribution in [0.3, 0.4) is 0 Å². The summed E-state index contributed by atoms with van der Waals surface area (Å²) in [5, 5.41) is 142. The Bertz CT molecular complexity index is 2350. The monoisotopic (exact) mass is 1590 g/mol. The zero-order valence-corrected chi connectivity index (χ0v) is 62.1. The van der Waals surface area contributed by atoms with E-state index in [-0.39, 0.29) is 47.7 Å². The molecule has 8 atom stereocenters. The summed E-state index contributed by atoms with van der Waals surface area (Å²) in [7, 11) is 0. The van der Waals surface area contributed by atoms with Crippen LogP contribution in [-0.2, 0) is 38.4 Å². The normalized spacial score (nSPS) is 11.5. The summed E-state index contributed by atoms with van der Waals surface area (Å²) < 4.78 is 0. The second-order valence-corrected chi connectivity index (χ2v) is 22.1. The molecule has 0 radical (unpaired) electrons. The van der Waals surface area contributed by atoms with Gasteiger partial charge in [0, 0.05) is 89.5 Å². The number of guanidine groups is 8. The van der Waals surface area contributed by atoms with Crippen LogP contribution in [0, 0.1) is 43.3 Å². The van der Waals surface area contributed by atoms with E-state index in [1.54, 1.807) is 0 Å². The van der Waals surface area contributed by atoms with Crippen LogP contribution < -0.4 is 134 Å². The highest BCUT2D eigenvalue weighted by atomic mass is 16.4. The second-order valence-electron chi connectivity index (χ2n) is 22.1. The van der Waals surface area contributed by atoms with Crippen molar-refractivity contribution >= 4 is 95.4 Å². The number of aromatic amines is 3. The van der Waals surface area contributed by atoms with Crippen LogP contribution >= 0.6 is 0 Å². The van der Waals surface area contributed by atoms with Crippen LogP contribution in [0.15, 0.2) is 73.6 Å². The molecule has 0 saturated heterocycles. The first-order valence-electron chi connectivity index (χ1n) is 33.5. The number of hydrogen-bond acceptors (Lipinski definition) is 24. The van der Waals surface area contributed by atoms with Crippen molar-refractivity contribution in [3.8, 4) is 0 Å². The predicted octanol–water partition coefficient (Wildman–Crippen LogP) is -7.66. The van der Waals surface area contributed by atoms with Gasteiger partial charge in [0.15, 0.2) is 47.7 Å². The highest BCUT2D eigenvalue weighted by Gasteiger charge is 2.15. The molecule has 0 amide bonds. The highest BCUT2D eigenvalue weighted by molar-refractivity contribution is 5.79. The van der Waals surface area contributed by atoms with Gasteiger partial charge in [-0.3, -0.25) is 81.6 Å². The maximum absolute atomic E-state index is 10.2. The first kappa shape index (κ1) is 114. The molecule has 0 aliphatic heterocycles. The minimum Gasteiger partial charge on any atom is -0.480 e. The molecule has 0 aromatic carbocycles. The Morgan fingerprint density at radius 3 is 0.369 bits per heavy atom. The van der Waals surface area contributed by atoms with Gasteiger partial charge in [-0.25, -0.2) is 0 Å². The Morgan fingerprint density at radius 1 is 0.225 bits per heavy atom. The van der Waals surface area contributed by atoms with Gasteiger partial charge in [0.05, 0.1) is 0 Å². The molecular formula is C60H127N35O16. The van der Waals surface area contributed by atoms with E-state index >= 15 is 0 Å². The van der Waals surface area contributed by atoms with Crippen molar-refractivity contribution in [1.29, 1.82) is 43.3 Å². The lowest BCUT2D eigenvalue weighted by Gasteiger charge is -2.06. The van der Waals surface area contributed by atoms with Gasteiger partial charge in [0.25, 0.3) is 0 Å². The van der Waals surface area contributed by atoms with Crippen molar-refractivity contribution in [3.63, 3.8) is 0 Å². The van der Waals surface area contributed by atoms with E-state index in [9.17, 15) is 38.4 Å². The number of hydrogen-bond donors (Lipinski definition) is 43. The maximum Gasteiger partial charge on any atom is 0.320 e. The number of nitrogens with one attached hydrogen (secondary N) is 19. The number of carboxylic acids is 8. The minimum atomic E-state index is -1.00. The highest BCUT2D eigenvalue weighted by Crippen LogP contribution is 1.98. The van der Waals surface area contributed by atoms with Crippen LogP contribution in [0.2, 0.25) is 0 Å². The quantitative estimate of drug-likeness (QED) is 0.0143. The molecule has 51 heteroatoms. The fourth-order valence-corrected chi connectivity index (χ4v) is 6.18. The number of aliphatic carboxylic acids is 8. The number of nitrogens with two attached hydrogens (primary N) is 16. The van der Waals surface area contributed by atoms with Crippen molar-refractivity contribution in [2.75, 3.05) is 52.4 Å². The van der Waals surface area contributed by atoms with E-state index in [2.05, 4.69) is 57.5 Å². The lowest BCUT2D eigenvalue weighted by molar-refractivity contribution is -0.139. The fraction of sp³-hybridized carbons (Fsp3) is 0.533. The third kappa shape index (κ3) is 109. The molecule has 0 bridgehead atoms. The topological polar surface area (TPSA) is 1050 Å². The van der Waals surface area contributed by atoms with E-state index in [1.165, 1.54) is 0 Å². The average Bonchev–Trinajstić information content (AvgIpc) is 1.88. The summed E-state index contributed by atoms with van der Waals surface area (Å²) in [6.45, 7) is 3.86. The van der Waals surface area contributed by atoms with Crippen molar-refractivity contribution in [1.82, 2.24) is 57.5 Å². The summed E-state index contributed by atoms with van der Waals surface area (Å²) in [5.41, 5.74) is 81.7. The van der Waals surface area contributed by atoms with Crippen molar-refractivity contribution in [2.45, 2.75) is 151 Å². The average molecular weight is 1590 g/mol. The van der Waals surface area contributed by atoms with Crippen LogP contribution in [0.4, 0.5) is 0 Å². The Morgan fingerprint density at radius 2 is 0.315 bits per heavy atom. The molecule has 59 N–H and O–H groups in total. The molecule has 638 valence electrons. The van der Waals surface area contributed by atoms with E-state index < -0.39 is 96.1 Å². The fourth-order valence-electron chi connectivity index (χ4n) is 6.18. The smallest absolute Gasteiger partial charge is 0.320 e. The maximum atomic E-state index is 10.2. The number of aromatic nitrogens is 3. The number of carboxylic acid groups (broad SMARTS) is 8. The number of H-pyrrole nitrogens is 3. The molecule has 51 nitrogen and oxygen atoms in total. The molecule has 0 aliphatic carbocycles. The Balaban J connectivity index is -0.000000177. The van der Waals surface area contributed by atoms with Gasteiger partial charge in [0.2, 0.25) is 0 Å². The SMILES string of the molecule is N=C(N)NCCC[C@H](N)C(=O)O.N=C(N)NCCC[C@H](N)C(=O)O.N=C(N)NCCC[C@H](N)C(=O)O.N=C(N)NCCC[C@H](N)C(=O)O.N=C(N)NCCC[C@H](N)C(=O)O.N=C(N)NCCC[C@H](N)C(=O)O.N=C(N)NCCC[C@H](N)C(=O)O.N=C(N)NCCC[C@H](N)C(=O)O.c1cc[nH]c1.c1cc[nH]c1.c1cc[nH]c1. The third-order valence-corrected chi connectivity index (χ3v) is 12.1. The Labute approximate surface area is 642 Å². The van der Waals surface area contributed by atoms with Gasteiger partial charge in [-0.2, -0.15) is 0 Å². The molecule has 3 rings (SSSR count). The molecule has 0 aliphatic rings. The van der Waals surface area contributed by atoms with Crippen molar-refractivity contribution < 1.29 is 79.2 Å². The largest absolute Gasteiger partial charge is 0.480 e. The Hall–Kier alpha value is -12.6. The predicted molar refractivity (Wildman–Crippen MR) is 420 cm³/mol. The number of carbonyl (C=O) groups is 8. The molecule has 0 spiro atoms. The van der Waals surface area contributed by atoms with Crippen LogP contribution in [0.5, 0.6) is 0 Å². The summed E-state index contributed by atoms with van der Waals surface area (Å²) in [6, 6.07) is 5.10. The lowest BCUT2D eigenvalue weighted by atomic mass is 10.2. The zero-order chi connectivity index (χ0) is 87.1. The lowest BCUT2D eigenvalue weighted by Crippen LogP contribution is -2.34. The minimum absolute atomic E-state index is 0.112. The summed E-state index contributed by atoms with van der Waals surface area (Å²) in [6.07, 6.45) is 19.0. The molecular weight excluding hydrogens is 1470 g/mol. The molecule has 0 fully saturated rings. The van der Waals surface area contributed by atoms with Crippen molar-refractivity contribution in [2.24, 2.45) is 91.7 Å².